The van der Waals surface area contributed by atoms with Crippen LogP contribution in [0.1, 0.15) is 52.4 Å². The first kappa shape index (κ1) is 13.4. The minimum absolute atomic E-state index is 0.346. The highest BCUT2D eigenvalue weighted by atomic mass is 16.5. The van der Waals surface area contributed by atoms with Crippen molar-refractivity contribution in [1.82, 2.24) is 0 Å². The molecule has 14 heavy (non-hydrogen) atoms. The zero-order valence-corrected chi connectivity index (χ0v) is 9.42. The number of nitrogens with two attached hydrogens (primary N) is 1. The number of primary amides is 1. The van der Waals surface area contributed by atoms with Gasteiger partial charge >= 0.3 is 0 Å². The predicted molar refractivity (Wildman–Crippen MR) is 58.0 cm³/mol. The lowest BCUT2D eigenvalue weighted by Crippen LogP contribution is -2.30. The second kappa shape index (κ2) is 9.00. The zero-order valence-electron chi connectivity index (χ0n) is 9.42. The van der Waals surface area contributed by atoms with Crippen LogP contribution in [0.25, 0.3) is 0 Å². The first-order valence-corrected chi connectivity index (χ1v) is 5.63. The van der Waals surface area contributed by atoms with Crippen molar-refractivity contribution in [3.8, 4) is 0 Å². The smallest absolute Gasteiger partial charge is 0.246 e. The molecule has 0 rings (SSSR count). The minimum Gasteiger partial charge on any atom is -0.368 e. The maximum Gasteiger partial charge on any atom is 0.246 e. The molecule has 0 saturated heterocycles. The van der Waals surface area contributed by atoms with Gasteiger partial charge in [0.2, 0.25) is 5.91 Å². The van der Waals surface area contributed by atoms with Crippen LogP contribution in [-0.4, -0.2) is 18.6 Å². The fraction of sp³-hybridized carbons (Fsp3) is 0.909. The molecule has 0 fully saturated rings. The minimum atomic E-state index is -0.388. The van der Waals surface area contributed by atoms with Crippen LogP contribution in [-0.2, 0) is 9.53 Å². The van der Waals surface area contributed by atoms with Gasteiger partial charge in [0.25, 0.3) is 0 Å². The number of amides is 1. The molecule has 1 amide bonds. The van der Waals surface area contributed by atoms with E-state index in [0.717, 1.165) is 6.42 Å². The Bertz CT molecular complexity index is 148. The van der Waals surface area contributed by atoms with E-state index in [-0.39, 0.29) is 12.0 Å². The standard InChI is InChI=1S/C11H23NO2/c1-3-5-6-7-8-9-14-10(4-2)11(12)13/h10H,3-9H2,1-2H3,(H2,12,13). The molecule has 2 N–H and O–H groups in total. The third kappa shape index (κ3) is 6.89. The van der Waals surface area contributed by atoms with Gasteiger partial charge in [-0.15, -0.1) is 0 Å². The second-order valence-electron chi connectivity index (χ2n) is 3.58. The molecule has 3 heteroatoms. The highest BCUT2D eigenvalue weighted by molar-refractivity contribution is 5.78. The molecule has 1 unspecified atom stereocenters. The molecular weight excluding hydrogens is 178 g/mol. The third-order valence-electron chi connectivity index (χ3n) is 2.26. The number of carbonyl (C=O) groups excluding carboxylic acids is 1. The maximum absolute atomic E-state index is 10.8. The molecule has 0 saturated carbocycles. The second-order valence-corrected chi connectivity index (χ2v) is 3.58. The summed E-state index contributed by atoms with van der Waals surface area (Å²) >= 11 is 0. The number of ether oxygens (including phenoxy) is 1. The molecule has 0 aromatic heterocycles. The Kier molecular flexibility index (Phi) is 8.64. The van der Waals surface area contributed by atoms with Crippen LogP contribution in [0.4, 0.5) is 0 Å². The van der Waals surface area contributed by atoms with Crippen molar-refractivity contribution < 1.29 is 9.53 Å². The molecule has 1 atom stereocenters. The highest BCUT2D eigenvalue weighted by Gasteiger charge is 2.11. The molecule has 0 bridgehead atoms. The van der Waals surface area contributed by atoms with Gasteiger partial charge in [-0.2, -0.15) is 0 Å². The summed E-state index contributed by atoms with van der Waals surface area (Å²) in [6, 6.07) is 0. The van der Waals surface area contributed by atoms with Crippen LogP contribution in [0.2, 0.25) is 0 Å². The number of rotatable bonds is 9. The van der Waals surface area contributed by atoms with Gasteiger partial charge in [-0.25, -0.2) is 0 Å². The van der Waals surface area contributed by atoms with Gasteiger partial charge < -0.3 is 10.5 Å². The molecule has 0 aliphatic heterocycles. The van der Waals surface area contributed by atoms with E-state index in [9.17, 15) is 4.79 Å². The van der Waals surface area contributed by atoms with Crippen molar-refractivity contribution in [3.63, 3.8) is 0 Å². The molecule has 84 valence electrons. The number of hydrogen-bond acceptors (Lipinski definition) is 2. The average molecular weight is 201 g/mol. The van der Waals surface area contributed by atoms with Crippen LogP contribution in [0, 0.1) is 0 Å². The van der Waals surface area contributed by atoms with Crippen molar-refractivity contribution in [2.24, 2.45) is 5.73 Å². The molecule has 0 aliphatic carbocycles. The summed E-state index contributed by atoms with van der Waals surface area (Å²) in [7, 11) is 0. The van der Waals surface area contributed by atoms with Crippen molar-refractivity contribution in [1.29, 1.82) is 0 Å². The van der Waals surface area contributed by atoms with Crippen LogP contribution in [0.15, 0.2) is 0 Å². The number of hydrogen-bond donors (Lipinski definition) is 1. The fourth-order valence-corrected chi connectivity index (χ4v) is 1.33. The van der Waals surface area contributed by atoms with Gasteiger partial charge in [-0.1, -0.05) is 39.5 Å². The predicted octanol–water partition coefficient (Wildman–Crippen LogP) is 2.24. The Morgan fingerprint density at radius 2 is 1.86 bits per heavy atom. The van der Waals surface area contributed by atoms with Crippen LogP contribution in [0.5, 0.6) is 0 Å². The summed E-state index contributed by atoms with van der Waals surface area (Å²) in [5.41, 5.74) is 5.15. The molecule has 0 radical (unpaired) electrons. The zero-order chi connectivity index (χ0) is 10.8. The molecular formula is C11H23NO2. The van der Waals surface area contributed by atoms with Crippen LogP contribution < -0.4 is 5.73 Å². The quantitative estimate of drug-likeness (QED) is 0.582. The van der Waals surface area contributed by atoms with E-state index in [4.69, 9.17) is 10.5 Å². The van der Waals surface area contributed by atoms with Gasteiger partial charge in [0, 0.05) is 6.61 Å². The van der Waals surface area contributed by atoms with E-state index < -0.39 is 0 Å². The van der Waals surface area contributed by atoms with Gasteiger partial charge in [0.15, 0.2) is 0 Å². The normalized spacial score (nSPS) is 12.7. The Labute approximate surface area is 87.0 Å². The van der Waals surface area contributed by atoms with E-state index in [1.807, 2.05) is 6.92 Å². The van der Waals surface area contributed by atoms with E-state index in [2.05, 4.69) is 6.92 Å². The van der Waals surface area contributed by atoms with Gasteiger partial charge in [0.1, 0.15) is 6.10 Å². The first-order valence-electron chi connectivity index (χ1n) is 5.63. The molecule has 0 aromatic rings. The van der Waals surface area contributed by atoms with Crippen LogP contribution in [0.3, 0.4) is 0 Å². The first-order chi connectivity index (χ1) is 6.72. The monoisotopic (exact) mass is 201 g/mol. The van der Waals surface area contributed by atoms with Crippen molar-refractivity contribution in [3.05, 3.63) is 0 Å². The van der Waals surface area contributed by atoms with E-state index in [1.165, 1.54) is 25.7 Å². The van der Waals surface area contributed by atoms with Gasteiger partial charge in [-0.3, -0.25) is 4.79 Å². The average Bonchev–Trinajstić information content (AvgIpc) is 2.16. The van der Waals surface area contributed by atoms with E-state index in [0.29, 0.717) is 13.0 Å². The molecule has 0 aromatic carbocycles. The Morgan fingerprint density at radius 1 is 1.21 bits per heavy atom. The van der Waals surface area contributed by atoms with Gasteiger partial charge in [0.05, 0.1) is 0 Å². The Hall–Kier alpha value is -0.570. The number of unbranched alkanes of at least 4 members (excludes halogenated alkanes) is 4. The van der Waals surface area contributed by atoms with Crippen molar-refractivity contribution >= 4 is 5.91 Å². The third-order valence-corrected chi connectivity index (χ3v) is 2.26. The SMILES string of the molecule is CCCCCCCOC(CC)C(N)=O. The summed E-state index contributed by atoms with van der Waals surface area (Å²) < 4.78 is 5.36. The Morgan fingerprint density at radius 3 is 2.36 bits per heavy atom. The van der Waals surface area contributed by atoms with E-state index >= 15 is 0 Å². The molecule has 0 aliphatic rings. The van der Waals surface area contributed by atoms with Crippen molar-refractivity contribution in [2.75, 3.05) is 6.61 Å². The lowest BCUT2D eigenvalue weighted by molar-refractivity contribution is -0.129. The lowest BCUT2D eigenvalue weighted by atomic mass is 10.2. The summed E-state index contributed by atoms with van der Waals surface area (Å²) in [5, 5.41) is 0. The number of carbonyl (C=O) groups is 1. The summed E-state index contributed by atoms with van der Waals surface area (Å²) in [6.07, 6.45) is 6.29. The van der Waals surface area contributed by atoms with Crippen LogP contribution >= 0.6 is 0 Å². The molecule has 0 spiro atoms. The largest absolute Gasteiger partial charge is 0.368 e. The van der Waals surface area contributed by atoms with Crippen molar-refractivity contribution in [2.45, 2.75) is 58.5 Å². The summed E-state index contributed by atoms with van der Waals surface area (Å²) in [5.74, 6) is -0.346. The summed E-state index contributed by atoms with van der Waals surface area (Å²) in [6.45, 7) is 4.76. The maximum atomic E-state index is 10.8. The topological polar surface area (TPSA) is 52.3 Å². The molecule has 0 heterocycles. The fourth-order valence-electron chi connectivity index (χ4n) is 1.33. The highest BCUT2D eigenvalue weighted by Crippen LogP contribution is 2.04. The Balaban J connectivity index is 3.29. The van der Waals surface area contributed by atoms with E-state index in [1.54, 1.807) is 0 Å². The lowest BCUT2D eigenvalue weighted by Gasteiger charge is -2.11. The molecule has 3 nitrogen and oxygen atoms in total. The summed E-state index contributed by atoms with van der Waals surface area (Å²) in [4.78, 5) is 10.8. The van der Waals surface area contributed by atoms with Gasteiger partial charge in [-0.05, 0) is 12.8 Å².